The van der Waals surface area contributed by atoms with Crippen LogP contribution in [0.25, 0.3) is 0 Å². The highest BCUT2D eigenvalue weighted by molar-refractivity contribution is 5.74. The van der Waals surface area contributed by atoms with Crippen LogP contribution in [0.15, 0.2) is 34.9 Å². The molecule has 3 rings (SSSR count). The normalized spacial score (nSPS) is 20.2. The number of aromatic nitrogens is 2. The van der Waals surface area contributed by atoms with Gasteiger partial charge in [0.1, 0.15) is 11.9 Å². The number of carbonyl (C=O) groups is 1. The maximum atomic E-state index is 12.0. The van der Waals surface area contributed by atoms with Gasteiger partial charge in [0.15, 0.2) is 5.82 Å². The Morgan fingerprint density at radius 3 is 2.91 bits per heavy atom. The molecular weight excluding hydrogens is 296 g/mol. The molecule has 2 N–H and O–H groups in total. The van der Waals surface area contributed by atoms with E-state index >= 15 is 0 Å². The van der Waals surface area contributed by atoms with Gasteiger partial charge >= 0.3 is 6.03 Å². The fourth-order valence-corrected chi connectivity index (χ4v) is 2.70. The lowest BCUT2D eigenvalue weighted by Crippen LogP contribution is -2.46. The topological polar surface area (TPSA) is 89.3 Å². The van der Waals surface area contributed by atoms with E-state index < -0.39 is 0 Å². The fourth-order valence-electron chi connectivity index (χ4n) is 2.70. The third-order valence-corrected chi connectivity index (χ3v) is 3.78. The number of para-hydroxylation sites is 1. The van der Waals surface area contributed by atoms with Crippen LogP contribution in [0.4, 0.5) is 4.79 Å². The summed E-state index contributed by atoms with van der Waals surface area (Å²) in [7, 11) is 0. The summed E-state index contributed by atoms with van der Waals surface area (Å²) in [5.74, 6) is 1.77. The molecule has 7 heteroatoms. The van der Waals surface area contributed by atoms with Gasteiger partial charge in [0.2, 0.25) is 5.89 Å². The molecule has 1 saturated carbocycles. The SMILES string of the molecule is Cc1nc(CNC(=O)N[C@H]2CCC[C@H]2Oc2ccccc2)no1. The molecule has 1 heterocycles. The first-order valence-electron chi connectivity index (χ1n) is 7.76. The zero-order chi connectivity index (χ0) is 16.1. The summed E-state index contributed by atoms with van der Waals surface area (Å²) in [4.78, 5) is 16.1. The highest BCUT2D eigenvalue weighted by Gasteiger charge is 2.30. The molecule has 0 saturated heterocycles. The van der Waals surface area contributed by atoms with Gasteiger partial charge in [-0.05, 0) is 31.4 Å². The third-order valence-electron chi connectivity index (χ3n) is 3.78. The quantitative estimate of drug-likeness (QED) is 0.882. The van der Waals surface area contributed by atoms with Crippen LogP contribution in [-0.4, -0.2) is 28.3 Å². The van der Waals surface area contributed by atoms with Crippen molar-refractivity contribution >= 4 is 6.03 Å². The van der Waals surface area contributed by atoms with Gasteiger partial charge in [-0.2, -0.15) is 4.98 Å². The molecule has 1 aliphatic rings. The van der Waals surface area contributed by atoms with Crippen molar-refractivity contribution in [1.29, 1.82) is 0 Å². The number of aryl methyl sites for hydroxylation is 1. The van der Waals surface area contributed by atoms with Crippen molar-refractivity contribution in [2.24, 2.45) is 0 Å². The predicted octanol–water partition coefficient (Wildman–Crippen LogP) is 2.18. The Morgan fingerprint density at radius 2 is 2.17 bits per heavy atom. The molecule has 1 aromatic heterocycles. The number of nitrogens with one attached hydrogen (secondary N) is 2. The Labute approximate surface area is 134 Å². The number of hydrogen-bond donors (Lipinski definition) is 2. The van der Waals surface area contributed by atoms with Crippen molar-refractivity contribution in [2.75, 3.05) is 0 Å². The molecule has 1 aromatic carbocycles. The van der Waals surface area contributed by atoms with Gasteiger partial charge in [0, 0.05) is 6.92 Å². The van der Waals surface area contributed by atoms with Crippen LogP contribution in [0.2, 0.25) is 0 Å². The standard InChI is InChI=1S/C16H20N4O3/c1-11-18-15(20-23-11)10-17-16(21)19-13-8-5-9-14(13)22-12-6-3-2-4-7-12/h2-4,6-7,13-14H,5,8-10H2,1H3,(H2,17,19,21)/t13-,14+/m0/s1. The van der Waals surface area contributed by atoms with Crippen LogP contribution < -0.4 is 15.4 Å². The summed E-state index contributed by atoms with van der Waals surface area (Å²) in [6.07, 6.45) is 2.87. The van der Waals surface area contributed by atoms with Crippen LogP contribution in [-0.2, 0) is 6.54 Å². The monoisotopic (exact) mass is 316 g/mol. The second-order valence-electron chi connectivity index (χ2n) is 5.56. The highest BCUT2D eigenvalue weighted by atomic mass is 16.5. The molecule has 1 fully saturated rings. The lowest BCUT2D eigenvalue weighted by atomic mass is 10.2. The minimum atomic E-state index is -0.249. The van der Waals surface area contributed by atoms with E-state index in [1.807, 2.05) is 30.3 Å². The first-order chi connectivity index (χ1) is 11.2. The lowest BCUT2D eigenvalue weighted by molar-refractivity contribution is 0.172. The molecule has 0 radical (unpaired) electrons. The molecule has 1 aliphatic carbocycles. The molecular formula is C16H20N4O3. The van der Waals surface area contributed by atoms with Crippen LogP contribution in [0, 0.1) is 6.92 Å². The Hall–Kier alpha value is -2.57. The molecule has 0 bridgehead atoms. The van der Waals surface area contributed by atoms with Crippen LogP contribution in [0.5, 0.6) is 5.75 Å². The fraction of sp³-hybridized carbons (Fsp3) is 0.438. The van der Waals surface area contributed by atoms with Gasteiger partial charge in [0.05, 0.1) is 12.6 Å². The highest BCUT2D eigenvalue weighted by Crippen LogP contribution is 2.24. The van der Waals surface area contributed by atoms with Crippen LogP contribution in [0.3, 0.4) is 0 Å². The van der Waals surface area contributed by atoms with Crippen molar-refractivity contribution < 1.29 is 14.1 Å². The lowest BCUT2D eigenvalue weighted by Gasteiger charge is -2.22. The summed E-state index contributed by atoms with van der Waals surface area (Å²) < 4.78 is 10.8. The molecule has 7 nitrogen and oxygen atoms in total. The summed E-state index contributed by atoms with van der Waals surface area (Å²) in [6.45, 7) is 1.95. The average Bonchev–Trinajstić information content (AvgIpc) is 3.16. The number of urea groups is 1. The van der Waals surface area contributed by atoms with Crippen molar-refractivity contribution in [3.8, 4) is 5.75 Å². The predicted molar refractivity (Wildman–Crippen MR) is 82.9 cm³/mol. The maximum absolute atomic E-state index is 12.0. The minimum Gasteiger partial charge on any atom is -0.488 e. The third kappa shape index (κ3) is 4.21. The number of nitrogens with zero attached hydrogens (tertiary/aromatic N) is 2. The Kier molecular flexibility index (Phi) is 4.75. The van der Waals surface area contributed by atoms with Gasteiger partial charge in [-0.25, -0.2) is 4.79 Å². The largest absolute Gasteiger partial charge is 0.488 e. The van der Waals surface area contributed by atoms with E-state index in [1.54, 1.807) is 6.92 Å². The van der Waals surface area contributed by atoms with E-state index in [0.29, 0.717) is 11.7 Å². The first kappa shape index (κ1) is 15.3. The van der Waals surface area contributed by atoms with Crippen LogP contribution in [0.1, 0.15) is 31.0 Å². The number of rotatable bonds is 5. The number of carbonyl (C=O) groups excluding carboxylic acids is 1. The van der Waals surface area contributed by atoms with E-state index in [-0.39, 0.29) is 24.7 Å². The van der Waals surface area contributed by atoms with Gasteiger partial charge < -0.3 is 19.9 Å². The first-order valence-corrected chi connectivity index (χ1v) is 7.76. The Bertz CT molecular complexity index is 644. The molecule has 0 spiro atoms. The maximum Gasteiger partial charge on any atom is 0.315 e. The number of amides is 2. The molecule has 2 amide bonds. The second kappa shape index (κ2) is 7.13. The summed E-state index contributed by atoms with van der Waals surface area (Å²) in [5, 5.41) is 9.44. The number of ether oxygens (including phenoxy) is 1. The Balaban J connectivity index is 1.48. The average molecular weight is 316 g/mol. The van der Waals surface area contributed by atoms with E-state index in [2.05, 4.69) is 20.8 Å². The minimum absolute atomic E-state index is 0.00205. The smallest absolute Gasteiger partial charge is 0.315 e. The van der Waals surface area contributed by atoms with Crippen molar-refractivity contribution in [1.82, 2.24) is 20.8 Å². The van der Waals surface area contributed by atoms with Crippen LogP contribution >= 0.6 is 0 Å². The van der Waals surface area contributed by atoms with Crippen molar-refractivity contribution in [3.05, 3.63) is 42.0 Å². The molecule has 2 atom stereocenters. The molecule has 2 aromatic rings. The second-order valence-corrected chi connectivity index (χ2v) is 5.56. The van der Waals surface area contributed by atoms with Gasteiger partial charge in [-0.15, -0.1) is 0 Å². The zero-order valence-corrected chi connectivity index (χ0v) is 13.0. The molecule has 0 aliphatic heterocycles. The Morgan fingerprint density at radius 1 is 1.35 bits per heavy atom. The summed E-state index contributed by atoms with van der Waals surface area (Å²) >= 11 is 0. The van der Waals surface area contributed by atoms with E-state index in [0.717, 1.165) is 25.0 Å². The van der Waals surface area contributed by atoms with Crippen molar-refractivity contribution in [3.63, 3.8) is 0 Å². The van der Waals surface area contributed by atoms with Gasteiger partial charge in [-0.3, -0.25) is 0 Å². The summed E-state index contributed by atoms with van der Waals surface area (Å²) in [6, 6.07) is 9.42. The molecule has 23 heavy (non-hydrogen) atoms. The van der Waals surface area contributed by atoms with Gasteiger partial charge in [0.25, 0.3) is 0 Å². The van der Waals surface area contributed by atoms with Crippen molar-refractivity contribution in [2.45, 2.75) is 44.9 Å². The van der Waals surface area contributed by atoms with Gasteiger partial charge in [-0.1, -0.05) is 23.4 Å². The number of benzene rings is 1. The van der Waals surface area contributed by atoms with E-state index in [1.165, 1.54) is 0 Å². The van der Waals surface area contributed by atoms with E-state index in [9.17, 15) is 4.79 Å². The zero-order valence-electron chi connectivity index (χ0n) is 13.0. The molecule has 0 unspecified atom stereocenters. The molecule has 122 valence electrons. The van der Waals surface area contributed by atoms with E-state index in [4.69, 9.17) is 9.26 Å². The number of hydrogen-bond acceptors (Lipinski definition) is 5. The summed E-state index contributed by atoms with van der Waals surface area (Å²) in [5.41, 5.74) is 0.